The Hall–Kier alpha value is -1.83. The van der Waals surface area contributed by atoms with E-state index in [2.05, 4.69) is 5.32 Å². The number of aliphatic carboxylic acids is 1. The first-order valence-electron chi connectivity index (χ1n) is 5.90. The molecule has 0 aromatic rings. The van der Waals surface area contributed by atoms with Crippen molar-refractivity contribution < 1.29 is 24.6 Å². The van der Waals surface area contributed by atoms with Gasteiger partial charge < -0.3 is 26.2 Å². The molecule has 0 aromatic carbocycles. The fourth-order valence-electron chi connectivity index (χ4n) is 2.11. The number of rotatable bonds is 4. The number of hydrogen-bond donors (Lipinski definition) is 4. The topological polar surface area (TPSA) is 133 Å². The van der Waals surface area contributed by atoms with Gasteiger partial charge in [-0.3, -0.25) is 4.79 Å². The number of carboxylic acids is 1. The summed E-state index contributed by atoms with van der Waals surface area (Å²) >= 11 is 0. The van der Waals surface area contributed by atoms with Gasteiger partial charge in [0.25, 0.3) is 0 Å². The van der Waals surface area contributed by atoms with Crippen LogP contribution in [-0.2, 0) is 9.59 Å². The number of amides is 3. The second-order valence-electron chi connectivity index (χ2n) is 5.35. The van der Waals surface area contributed by atoms with Gasteiger partial charge in [-0.05, 0) is 13.8 Å². The lowest BCUT2D eigenvalue weighted by molar-refractivity contribution is -0.141. The Balaban J connectivity index is 2.71. The summed E-state index contributed by atoms with van der Waals surface area (Å²) in [5, 5.41) is 21.0. The molecule has 1 aliphatic rings. The van der Waals surface area contributed by atoms with E-state index in [-0.39, 0.29) is 19.4 Å². The van der Waals surface area contributed by atoms with Gasteiger partial charge in [0.1, 0.15) is 6.04 Å². The molecular formula is C11H19N3O5. The minimum Gasteiger partial charge on any atom is -0.480 e. The van der Waals surface area contributed by atoms with Crippen molar-refractivity contribution in [2.75, 3.05) is 6.54 Å². The maximum atomic E-state index is 12.0. The van der Waals surface area contributed by atoms with Crippen molar-refractivity contribution in [1.29, 1.82) is 0 Å². The van der Waals surface area contributed by atoms with Crippen LogP contribution in [0.2, 0.25) is 0 Å². The highest BCUT2D eigenvalue weighted by atomic mass is 16.4. The zero-order valence-electron chi connectivity index (χ0n) is 10.9. The molecule has 8 nitrogen and oxygen atoms in total. The zero-order chi connectivity index (χ0) is 14.8. The molecule has 0 spiro atoms. The number of carbonyl (C=O) groups excluding carboxylic acids is 2. The van der Waals surface area contributed by atoms with Crippen molar-refractivity contribution in [2.45, 2.75) is 44.4 Å². The number of nitrogens with zero attached hydrogens (tertiary/aromatic N) is 1. The third kappa shape index (κ3) is 4.09. The van der Waals surface area contributed by atoms with Crippen molar-refractivity contribution in [3.05, 3.63) is 0 Å². The second kappa shape index (κ2) is 5.43. The van der Waals surface area contributed by atoms with Crippen molar-refractivity contribution in [1.82, 2.24) is 10.2 Å². The normalized spacial score (nSPS) is 23.2. The van der Waals surface area contributed by atoms with E-state index in [0.29, 0.717) is 0 Å². The van der Waals surface area contributed by atoms with E-state index < -0.39 is 35.6 Å². The first kappa shape index (κ1) is 15.2. The van der Waals surface area contributed by atoms with Gasteiger partial charge in [-0.1, -0.05) is 0 Å². The number of carboxylic acid groups (broad SMARTS) is 1. The number of aliphatic hydroxyl groups is 1. The van der Waals surface area contributed by atoms with Crippen molar-refractivity contribution in [3.63, 3.8) is 0 Å². The van der Waals surface area contributed by atoms with Crippen LogP contribution < -0.4 is 11.1 Å². The average molecular weight is 273 g/mol. The van der Waals surface area contributed by atoms with Gasteiger partial charge in [0, 0.05) is 24.9 Å². The Kier molecular flexibility index (Phi) is 4.35. The van der Waals surface area contributed by atoms with Gasteiger partial charge in [-0.25, -0.2) is 9.59 Å². The summed E-state index contributed by atoms with van der Waals surface area (Å²) in [6.45, 7) is 3.17. The molecule has 0 saturated carbocycles. The Bertz CT molecular complexity index is 396. The molecule has 0 bridgehead atoms. The number of urea groups is 1. The molecule has 1 aliphatic heterocycles. The van der Waals surface area contributed by atoms with Gasteiger partial charge >= 0.3 is 12.0 Å². The predicted molar refractivity (Wildman–Crippen MR) is 65.2 cm³/mol. The number of β-amino-alcohol motifs (C(OH)–C–C–N with tert-alkyl or cyclic N) is 1. The lowest BCUT2D eigenvalue weighted by Gasteiger charge is -2.29. The molecule has 1 saturated heterocycles. The molecule has 1 fully saturated rings. The van der Waals surface area contributed by atoms with Gasteiger partial charge in [-0.2, -0.15) is 0 Å². The summed E-state index contributed by atoms with van der Waals surface area (Å²) in [6, 6.07) is -1.69. The number of aliphatic hydroxyl groups excluding tert-OH is 1. The highest BCUT2D eigenvalue weighted by Gasteiger charge is 2.40. The number of nitrogens with one attached hydrogen (secondary N) is 1. The first-order valence-corrected chi connectivity index (χ1v) is 5.90. The third-order valence-electron chi connectivity index (χ3n) is 2.89. The molecule has 5 N–H and O–H groups in total. The summed E-state index contributed by atoms with van der Waals surface area (Å²) < 4.78 is 0. The summed E-state index contributed by atoms with van der Waals surface area (Å²) in [4.78, 5) is 34.9. The number of primary amides is 1. The van der Waals surface area contributed by atoms with E-state index >= 15 is 0 Å². The zero-order valence-corrected chi connectivity index (χ0v) is 10.9. The molecule has 1 rings (SSSR count). The molecular weight excluding hydrogens is 254 g/mol. The summed E-state index contributed by atoms with van der Waals surface area (Å²) in [7, 11) is 0. The van der Waals surface area contributed by atoms with Crippen LogP contribution in [0.4, 0.5) is 4.79 Å². The number of nitrogens with two attached hydrogens (primary N) is 1. The number of carbonyl (C=O) groups is 3. The molecule has 1 unspecified atom stereocenters. The second-order valence-corrected chi connectivity index (χ2v) is 5.35. The molecule has 0 radical (unpaired) electrons. The average Bonchev–Trinajstić information content (AvgIpc) is 2.57. The Morgan fingerprint density at radius 1 is 1.42 bits per heavy atom. The van der Waals surface area contributed by atoms with Crippen LogP contribution in [-0.4, -0.2) is 57.3 Å². The Morgan fingerprint density at radius 2 is 2.00 bits per heavy atom. The number of likely N-dealkylation sites (tertiary alicyclic amines) is 1. The lowest BCUT2D eigenvalue weighted by atomic mass is 10.0. The maximum absolute atomic E-state index is 12.0. The van der Waals surface area contributed by atoms with Crippen LogP contribution in [0.15, 0.2) is 0 Å². The standard InChI is InChI=1S/C11H19N3O5/c1-11(2,4-8(12)16)13-10(19)14-5-6(15)3-7(14)9(17)18/h6-7,15H,3-5H2,1-2H3,(H2,12,16)(H,13,19)(H,17,18)/t6?,7-/m0/s1. The Labute approximate surface area is 110 Å². The van der Waals surface area contributed by atoms with Crippen LogP contribution in [0.25, 0.3) is 0 Å². The van der Waals surface area contributed by atoms with E-state index in [1.165, 1.54) is 0 Å². The van der Waals surface area contributed by atoms with Crippen LogP contribution >= 0.6 is 0 Å². The van der Waals surface area contributed by atoms with Crippen molar-refractivity contribution >= 4 is 17.9 Å². The van der Waals surface area contributed by atoms with Gasteiger partial charge in [0.05, 0.1) is 6.10 Å². The maximum Gasteiger partial charge on any atom is 0.326 e. The van der Waals surface area contributed by atoms with Gasteiger partial charge in [-0.15, -0.1) is 0 Å². The largest absolute Gasteiger partial charge is 0.480 e. The van der Waals surface area contributed by atoms with E-state index in [9.17, 15) is 19.5 Å². The minimum absolute atomic E-state index is 0.000991. The quantitative estimate of drug-likeness (QED) is 0.514. The molecule has 108 valence electrons. The molecule has 2 atom stereocenters. The first-order chi connectivity index (χ1) is 8.62. The number of hydrogen-bond acceptors (Lipinski definition) is 4. The van der Waals surface area contributed by atoms with E-state index in [0.717, 1.165) is 4.90 Å². The lowest BCUT2D eigenvalue weighted by Crippen LogP contribution is -2.54. The smallest absolute Gasteiger partial charge is 0.326 e. The summed E-state index contributed by atoms with van der Waals surface area (Å²) in [6.07, 6.45) is -0.919. The van der Waals surface area contributed by atoms with Crippen LogP contribution in [0.3, 0.4) is 0 Å². The van der Waals surface area contributed by atoms with Crippen molar-refractivity contribution in [2.24, 2.45) is 5.73 Å². The highest BCUT2D eigenvalue weighted by Crippen LogP contribution is 2.19. The molecule has 8 heteroatoms. The van der Waals surface area contributed by atoms with E-state index in [1.807, 2.05) is 0 Å². The van der Waals surface area contributed by atoms with Crippen LogP contribution in [0, 0.1) is 0 Å². The van der Waals surface area contributed by atoms with E-state index in [1.54, 1.807) is 13.8 Å². The minimum atomic E-state index is -1.17. The molecule has 0 aromatic heterocycles. The summed E-state index contributed by atoms with van der Waals surface area (Å²) in [5.74, 6) is -1.74. The fourth-order valence-corrected chi connectivity index (χ4v) is 2.11. The van der Waals surface area contributed by atoms with Crippen LogP contribution in [0.5, 0.6) is 0 Å². The van der Waals surface area contributed by atoms with Gasteiger partial charge in [0.2, 0.25) is 5.91 Å². The van der Waals surface area contributed by atoms with Crippen LogP contribution in [0.1, 0.15) is 26.7 Å². The molecule has 0 aliphatic carbocycles. The third-order valence-corrected chi connectivity index (χ3v) is 2.89. The Morgan fingerprint density at radius 3 is 2.47 bits per heavy atom. The predicted octanol–water partition coefficient (Wildman–Crippen LogP) is -1.13. The van der Waals surface area contributed by atoms with Gasteiger partial charge in [0.15, 0.2) is 0 Å². The highest BCUT2D eigenvalue weighted by molar-refractivity contribution is 5.84. The molecule has 3 amide bonds. The molecule has 19 heavy (non-hydrogen) atoms. The van der Waals surface area contributed by atoms with Crippen molar-refractivity contribution in [3.8, 4) is 0 Å². The van der Waals surface area contributed by atoms with E-state index in [4.69, 9.17) is 10.8 Å². The fraction of sp³-hybridized carbons (Fsp3) is 0.727. The SMILES string of the molecule is CC(C)(CC(N)=O)NC(=O)N1CC(O)C[C@H]1C(=O)O. The monoisotopic (exact) mass is 273 g/mol. The molecule has 1 heterocycles. The summed E-state index contributed by atoms with van der Waals surface area (Å²) in [5.41, 5.74) is 4.19.